The minimum Gasteiger partial charge on any atom is -0.465 e. The second kappa shape index (κ2) is 6.18. The molecule has 0 aliphatic heterocycles. The summed E-state index contributed by atoms with van der Waals surface area (Å²) < 4.78 is 4.77. The van der Waals surface area contributed by atoms with Crippen LogP contribution in [0.15, 0.2) is 54.9 Å². The van der Waals surface area contributed by atoms with Gasteiger partial charge in [0, 0.05) is 11.4 Å². The van der Waals surface area contributed by atoms with Gasteiger partial charge in [-0.1, -0.05) is 12.1 Å². The fourth-order valence-corrected chi connectivity index (χ4v) is 2.25. The van der Waals surface area contributed by atoms with Crippen LogP contribution in [-0.2, 0) is 4.74 Å². The van der Waals surface area contributed by atoms with Gasteiger partial charge < -0.3 is 10.5 Å². The van der Waals surface area contributed by atoms with Crippen LogP contribution in [0.1, 0.15) is 10.4 Å². The van der Waals surface area contributed by atoms with Gasteiger partial charge in [0.25, 0.3) is 0 Å². The van der Waals surface area contributed by atoms with Gasteiger partial charge in [-0.2, -0.15) is 10.1 Å². The highest BCUT2D eigenvalue weighted by Gasteiger charge is 2.17. The fourth-order valence-electron chi connectivity index (χ4n) is 2.25. The Morgan fingerprint density at radius 2 is 1.91 bits per heavy atom. The Labute approximate surface area is 132 Å². The number of ether oxygens (including phenoxy) is 1. The van der Waals surface area contributed by atoms with Crippen LogP contribution in [0.2, 0.25) is 0 Å². The van der Waals surface area contributed by atoms with Gasteiger partial charge in [-0.15, -0.1) is 0 Å². The molecule has 3 aromatic rings. The summed E-state index contributed by atoms with van der Waals surface area (Å²) in [4.78, 5) is 17.8. The van der Waals surface area contributed by atoms with Crippen LogP contribution in [-0.4, -0.2) is 28.3 Å². The van der Waals surface area contributed by atoms with Crippen molar-refractivity contribution in [1.82, 2.24) is 15.2 Å². The molecule has 3 N–H and O–H groups in total. The summed E-state index contributed by atoms with van der Waals surface area (Å²) in [6.07, 6.45) is 1.42. The molecule has 0 saturated heterocycles. The van der Waals surface area contributed by atoms with Gasteiger partial charge in [0.2, 0.25) is 5.95 Å². The molecular weight excluding hydrogens is 294 g/mol. The van der Waals surface area contributed by atoms with Gasteiger partial charge in [0.05, 0.1) is 18.4 Å². The number of esters is 1. The van der Waals surface area contributed by atoms with Crippen LogP contribution in [0, 0.1) is 0 Å². The van der Waals surface area contributed by atoms with E-state index in [0.717, 1.165) is 11.4 Å². The third-order valence-corrected chi connectivity index (χ3v) is 3.27. The fraction of sp³-hybridized carbons (Fsp3) is 0.0625. The van der Waals surface area contributed by atoms with E-state index in [-0.39, 0.29) is 0 Å². The Balaban J connectivity index is 2.11. The van der Waals surface area contributed by atoms with E-state index in [4.69, 9.17) is 10.5 Å². The molecule has 0 saturated carbocycles. The van der Waals surface area contributed by atoms with Crippen molar-refractivity contribution in [2.75, 3.05) is 17.7 Å². The number of H-pyrrole nitrogens is 1. The number of rotatable bonds is 4. The molecule has 0 fully saturated rings. The average Bonchev–Trinajstić information content (AvgIpc) is 3.09. The summed E-state index contributed by atoms with van der Waals surface area (Å²) in [6, 6.07) is 14.4. The highest BCUT2D eigenvalue weighted by molar-refractivity contribution is 5.91. The number of methoxy groups -OCH3 is 1. The van der Waals surface area contributed by atoms with Crippen molar-refractivity contribution in [2.45, 2.75) is 0 Å². The second-order valence-electron chi connectivity index (χ2n) is 4.78. The van der Waals surface area contributed by atoms with Crippen LogP contribution in [0.3, 0.4) is 0 Å². The van der Waals surface area contributed by atoms with Gasteiger partial charge in [-0.3, -0.25) is 4.90 Å². The minimum absolute atomic E-state index is 0.406. The molecule has 0 atom stereocenters. The predicted octanol–water partition coefficient (Wildman–Crippen LogP) is 2.64. The topological polar surface area (TPSA) is 97.1 Å². The molecular formula is C16H15N5O2. The van der Waals surface area contributed by atoms with Gasteiger partial charge in [-0.05, 0) is 36.4 Å². The van der Waals surface area contributed by atoms with Crippen molar-refractivity contribution in [3.63, 3.8) is 0 Å². The zero-order valence-electron chi connectivity index (χ0n) is 12.4. The van der Waals surface area contributed by atoms with E-state index in [9.17, 15) is 4.79 Å². The maximum absolute atomic E-state index is 11.8. The molecule has 0 aliphatic rings. The Morgan fingerprint density at radius 1 is 1.17 bits per heavy atom. The molecule has 1 heterocycles. The van der Waals surface area contributed by atoms with Crippen molar-refractivity contribution in [3.8, 4) is 0 Å². The first-order valence-electron chi connectivity index (χ1n) is 6.88. The number of nitrogen functional groups attached to an aromatic ring is 1. The van der Waals surface area contributed by atoms with E-state index >= 15 is 0 Å². The number of benzene rings is 2. The summed E-state index contributed by atoms with van der Waals surface area (Å²) in [5, 5.41) is 6.71. The van der Waals surface area contributed by atoms with Crippen LogP contribution in [0.5, 0.6) is 0 Å². The third-order valence-electron chi connectivity index (χ3n) is 3.27. The molecule has 0 radical (unpaired) electrons. The Bertz CT molecular complexity index is 817. The van der Waals surface area contributed by atoms with Crippen LogP contribution in [0.4, 0.5) is 23.0 Å². The maximum Gasteiger partial charge on any atom is 0.337 e. The summed E-state index contributed by atoms with van der Waals surface area (Å²) in [5.41, 5.74) is 8.47. The third kappa shape index (κ3) is 2.98. The minimum atomic E-state index is -0.406. The van der Waals surface area contributed by atoms with E-state index in [1.54, 1.807) is 24.3 Å². The lowest BCUT2D eigenvalue weighted by atomic mass is 10.1. The van der Waals surface area contributed by atoms with E-state index in [0.29, 0.717) is 17.2 Å². The number of aromatic amines is 1. The highest BCUT2D eigenvalue weighted by Crippen LogP contribution is 2.33. The van der Waals surface area contributed by atoms with Crippen molar-refractivity contribution in [2.24, 2.45) is 0 Å². The van der Waals surface area contributed by atoms with Crippen LogP contribution < -0.4 is 10.6 Å². The summed E-state index contributed by atoms with van der Waals surface area (Å²) in [7, 11) is 1.35. The lowest BCUT2D eigenvalue weighted by Gasteiger charge is -2.22. The number of aromatic nitrogens is 3. The predicted molar refractivity (Wildman–Crippen MR) is 86.8 cm³/mol. The first kappa shape index (κ1) is 14.6. The molecule has 1 aromatic heterocycles. The SMILES string of the molecule is COC(=O)c1cccc(N(c2cccc(N)c2)c2ncn[nH]2)c1. The zero-order chi connectivity index (χ0) is 16.2. The summed E-state index contributed by atoms with van der Waals surface area (Å²) in [5.74, 6) is 0.106. The maximum atomic E-state index is 11.8. The highest BCUT2D eigenvalue weighted by atomic mass is 16.5. The Morgan fingerprint density at radius 3 is 2.57 bits per heavy atom. The zero-order valence-corrected chi connectivity index (χ0v) is 12.4. The molecule has 3 rings (SSSR count). The molecule has 0 aliphatic carbocycles. The lowest BCUT2D eigenvalue weighted by Crippen LogP contribution is -2.13. The normalized spacial score (nSPS) is 10.3. The number of carbonyl (C=O) groups excluding carboxylic acids is 1. The van der Waals surface area contributed by atoms with Crippen LogP contribution >= 0.6 is 0 Å². The van der Waals surface area contributed by atoms with E-state index in [1.807, 2.05) is 29.2 Å². The van der Waals surface area contributed by atoms with Crippen molar-refractivity contribution >= 4 is 29.0 Å². The Kier molecular flexibility index (Phi) is 3.92. The van der Waals surface area contributed by atoms with E-state index < -0.39 is 5.97 Å². The summed E-state index contributed by atoms with van der Waals surface area (Å²) in [6.45, 7) is 0. The molecule has 2 aromatic carbocycles. The number of hydrogen-bond acceptors (Lipinski definition) is 6. The molecule has 0 unspecified atom stereocenters. The standard InChI is InChI=1S/C16H15N5O2/c1-23-15(22)11-4-2-6-13(8-11)21(16-18-10-19-20-16)14-7-3-5-12(17)9-14/h2-10H,17H2,1H3,(H,18,19,20). The first-order chi connectivity index (χ1) is 11.2. The number of nitrogens with two attached hydrogens (primary N) is 1. The summed E-state index contributed by atoms with van der Waals surface area (Å²) >= 11 is 0. The second-order valence-corrected chi connectivity index (χ2v) is 4.78. The monoisotopic (exact) mass is 309 g/mol. The number of carbonyl (C=O) groups is 1. The molecule has 0 bridgehead atoms. The van der Waals surface area contributed by atoms with Gasteiger partial charge in [0.15, 0.2) is 0 Å². The number of hydrogen-bond donors (Lipinski definition) is 2. The molecule has 7 heteroatoms. The number of anilines is 4. The lowest BCUT2D eigenvalue weighted by molar-refractivity contribution is 0.0601. The van der Waals surface area contributed by atoms with Crippen molar-refractivity contribution < 1.29 is 9.53 Å². The number of nitrogens with one attached hydrogen (secondary N) is 1. The quantitative estimate of drug-likeness (QED) is 0.568. The van der Waals surface area contributed by atoms with Gasteiger partial charge in [-0.25, -0.2) is 9.89 Å². The smallest absolute Gasteiger partial charge is 0.337 e. The molecule has 0 amide bonds. The molecule has 7 nitrogen and oxygen atoms in total. The molecule has 23 heavy (non-hydrogen) atoms. The van der Waals surface area contributed by atoms with E-state index in [1.165, 1.54) is 13.4 Å². The van der Waals surface area contributed by atoms with E-state index in [2.05, 4.69) is 15.2 Å². The van der Waals surface area contributed by atoms with Crippen LogP contribution in [0.25, 0.3) is 0 Å². The number of nitrogens with zero attached hydrogens (tertiary/aromatic N) is 3. The Hall–Kier alpha value is -3.35. The van der Waals surface area contributed by atoms with Gasteiger partial charge in [0.1, 0.15) is 6.33 Å². The van der Waals surface area contributed by atoms with Crippen molar-refractivity contribution in [1.29, 1.82) is 0 Å². The van der Waals surface area contributed by atoms with Gasteiger partial charge >= 0.3 is 5.97 Å². The van der Waals surface area contributed by atoms with Crippen molar-refractivity contribution in [3.05, 3.63) is 60.4 Å². The largest absolute Gasteiger partial charge is 0.465 e. The first-order valence-corrected chi connectivity index (χ1v) is 6.88. The molecule has 0 spiro atoms. The molecule has 116 valence electrons. The average molecular weight is 309 g/mol.